The highest BCUT2D eigenvalue weighted by atomic mass is 16.5. The van der Waals surface area contributed by atoms with Crippen LogP contribution in [-0.4, -0.2) is 107 Å². The fraction of sp³-hybridized carbons (Fsp3) is 0.594. The molecule has 0 saturated carbocycles. The Morgan fingerprint density at radius 1 is 0.756 bits per heavy atom. The number of hydrogen-bond acceptors (Lipinski definition) is 8. The molecule has 41 heavy (non-hydrogen) atoms. The number of rotatable bonds is 3. The Morgan fingerprint density at radius 3 is 1.71 bits per heavy atom. The average molecular weight is 565 g/mol. The highest BCUT2D eigenvalue weighted by molar-refractivity contribution is 5.73. The van der Waals surface area contributed by atoms with Gasteiger partial charge in [0.2, 0.25) is 5.91 Å². The molecule has 6 rings (SSSR count). The second kappa shape index (κ2) is 12.9. The Morgan fingerprint density at radius 2 is 1.22 bits per heavy atom. The van der Waals surface area contributed by atoms with Crippen molar-refractivity contribution >= 4 is 17.3 Å². The zero-order valence-corrected chi connectivity index (χ0v) is 25.5. The largest absolute Gasteiger partial charge is 0.491 e. The lowest BCUT2D eigenvalue weighted by molar-refractivity contribution is -0.119. The Hall–Kier alpha value is -3.01. The van der Waals surface area contributed by atoms with Crippen molar-refractivity contribution < 1.29 is 14.3 Å². The number of carbonyl (C=O) groups is 1. The number of likely N-dealkylation sites (N-methyl/N-ethyl adjacent to an activating group) is 2. The summed E-state index contributed by atoms with van der Waals surface area (Å²) in [4.78, 5) is 21.0. The van der Waals surface area contributed by atoms with E-state index in [2.05, 4.69) is 77.1 Å². The molecular weight excluding hydrogens is 516 g/mol. The third-order valence-electron chi connectivity index (χ3n) is 8.75. The highest BCUT2D eigenvalue weighted by Gasteiger charge is 2.28. The Balaban J connectivity index is 0.000000166. The van der Waals surface area contributed by atoms with Gasteiger partial charge in [-0.3, -0.25) is 4.79 Å². The van der Waals surface area contributed by atoms with Crippen LogP contribution in [0.5, 0.6) is 11.5 Å². The van der Waals surface area contributed by atoms with Gasteiger partial charge in [-0.05, 0) is 57.6 Å². The van der Waals surface area contributed by atoms with E-state index in [1.54, 1.807) is 6.92 Å². The number of hydrogen-bond donors (Lipinski definition) is 2. The van der Waals surface area contributed by atoms with Gasteiger partial charge in [0.1, 0.15) is 24.7 Å². The predicted octanol–water partition coefficient (Wildman–Crippen LogP) is 2.20. The van der Waals surface area contributed by atoms with Crippen LogP contribution in [0.15, 0.2) is 24.3 Å². The number of ether oxygens (including phenoxy) is 2. The van der Waals surface area contributed by atoms with Crippen LogP contribution in [-0.2, 0) is 17.6 Å². The second-order valence-corrected chi connectivity index (χ2v) is 12.2. The molecule has 0 aromatic heterocycles. The van der Waals surface area contributed by atoms with Crippen LogP contribution in [0.25, 0.3) is 0 Å². The summed E-state index contributed by atoms with van der Waals surface area (Å²) in [6, 6.07) is 8.95. The fourth-order valence-electron chi connectivity index (χ4n) is 6.33. The van der Waals surface area contributed by atoms with Gasteiger partial charge < -0.3 is 40.1 Å². The van der Waals surface area contributed by atoms with Crippen molar-refractivity contribution in [1.29, 1.82) is 0 Å². The minimum absolute atomic E-state index is 0.00542. The average Bonchev–Trinajstić information content (AvgIpc) is 2.95. The molecule has 0 aliphatic carbocycles. The molecule has 9 heteroatoms. The smallest absolute Gasteiger partial charge is 0.217 e. The maximum Gasteiger partial charge on any atom is 0.217 e. The lowest BCUT2D eigenvalue weighted by atomic mass is 9.97. The zero-order chi connectivity index (χ0) is 29.1. The molecule has 0 radical (unpaired) electrons. The summed E-state index contributed by atoms with van der Waals surface area (Å²) >= 11 is 0. The van der Waals surface area contributed by atoms with E-state index < -0.39 is 0 Å². The molecule has 2 aromatic carbocycles. The van der Waals surface area contributed by atoms with Crippen LogP contribution < -0.4 is 30.3 Å². The number of aryl methyl sites for hydroxylation is 2. The number of piperazine rings is 2. The molecule has 4 aliphatic heterocycles. The van der Waals surface area contributed by atoms with Crippen LogP contribution in [0.4, 0.5) is 11.4 Å². The lowest BCUT2D eigenvalue weighted by Gasteiger charge is -2.37. The number of nitrogens with one attached hydrogen (secondary N) is 1. The number of amides is 1. The van der Waals surface area contributed by atoms with Crippen LogP contribution in [0, 0.1) is 13.8 Å². The zero-order valence-electron chi connectivity index (χ0n) is 25.5. The molecule has 0 bridgehead atoms. The third kappa shape index (κ3) is 6.90. The maximum atomic E-state index is 11.3. The number of nitrogens with zero attached hydrogens (tertiary/aromatic N) is 4. The molecule has 4 heterocycles. The van der Waals surface area contributed by atoms with E-state index in [-0.39, 0.29) is 18.0 Å². The fourth-order valence-corrected chi connectivity index (χ4v) is 6.33. The number of anilines is 2. The van der Waals surface area contributed by atoms with E-state index in [0.29, 0.717) is 13.2 Å². The van der Waals surface area contributed by atoms with E-state index in [4.69, 9.17) is 15.2 Å². The van der Waals surface area contributed by atoms with Crippen molar-refractivity contribution in [3.05, 3.63) is 46.5 Å². The first kappa shape index (κ1) is 29.5. The molecule has 1 unspecified atom stereocenters. The summed E-state index contributed by atoms with van der Waals surface area (Å²) in [6.45, 7) is 15.6. The SMILES string of the molecule is CC(=O)NC1COc2c(C)ccc(N3CCN(C)CC3)c2C1.Cc1ccc(N2CCN(C)CC2)c2c1OC[C@H](N)C2. The first-order valence-corrected chi connectivity index (χ1v) is 15.1. The molecule has 2 atom stereocenters. The van der Waals surface area contributed by atoms with Crippen molar-refractivity contribution in [2.75, 3.05) is 89.5 Å². The molecule has 224 valence electrons. The molecule has 0 spiro atoms. The van der Waals surface area contributed by atoms with Gasteiger partial charge >= 0.3 is 0 Å². The predicted molar refractivity (Wildman–Crippen MR) is 166 cm³/mol. The first-order valence-electron chi connectivity index (χ1n) is 15.1. The summed E-state index contributed by atoms with van der Waals surface area (Å²) < 4.78 is 11.8. The minimum atomic E-state index is 0.00542. The maximum absolute atomic E-state index is 11.3. The van der Waals surface area contributed by atoms with Crippen molar-refractivity contribution in [2.45, 2.75) is 45.7 Å². The van der Waals surface area contributed by atoms with Crippen molar-refractivity contribution in [3.63, 3.8) is 0 Å². The van der Waals surface area contributed by atoms with Crippen molar-refractivity contribution in [3.8, 4) is 11.5 Å². The number of benzene rings is 2. The first-order chi connectivity index (χ1) is 19.7. The van der Waals surface area contributed by atoms with Crippen LogP contribution in [0.2, 0.25) is 0 Å². The van der Waals surface area contributed by atoms with E-state index >= 15 is 0 Å². The quantitative estimate of drug-likeness (QED) is 0.587. The summed E-state index contributed by atoms with van der Waals surface area (Å²) in [5, 5.41) is 2.99. The monoisotopic (exact) mass is 564 g/mol. The van der Waals surface area contributed by atoms with Gasteiger partial charge in [-0.2, -0.15) is 0 Å². The second-order valence-electron chi connectivity index (χ2n) is 12.2. The molecule has 9 nitrogen and oxygen atoms in total. The summed E-state index contributed by atoms with van der Waals surface area (Å²) in [5.41, 5.74) is 13.6. The molecule has 4 aliphatic rings. The summed E-state index contributed by atoms with van der Waals surface area (Å²) in [5.74, 6) is 2.09. The van der Waals surface area contributed by atoms with Gasteiger partial charge in [0, 0.05) is 94.2 Å². The number of carbonyl (C=O) groups excluding carboxylic acids is 1. The standard InChI is InChI=1S/C17H25N3O2.C15H23N3O/c1-12-4-5-16(20-8-6-19(3)7-9-20)15-10-14(18-13(2)21)11-22-17(12)15;1-11-3-4-14(18-7-5-17(2)6-8-18)13-9-12(16)10-19-15(11)13/h4-5,14H,6-11H2,1-3H3,(H,18,21);3-4,12H,5-10,16H2,1-2H3/t;12-/m.1/s1. The molecule has 1 amide bonds. The van der Waals surface area contributed by atoms with Crippen LogP contribution >= 0.6 is 0 Å². The van der Waals surface area contributed by atoms with E-state index in [1.165, 1.54) is 33.6 Å². The van der Waals surface area contributed by atoms with Gasteiger partial charge in [0.15, 0.2) is 0 Å². The minimum Gasteiger partial charge on any atom is -0.491 e. The molecule has 2 fully saturated rings. The van der Waals surface area contributed by atoms with Crippen molar-refractivity contribution in [1.82, 2.24) is 15.1 Å². The van der Waals surface area contributed by atoms with Gasteiger partial charge in [-0.15, -0.1) is 0 Å². The van der Waals surface area contributed by atoms with Gasteiger partial charge in [-0.25, -0.2) is 0 Å². The topological polar surface area (TPSA) is 86.5 Å². The molecule has 2 saturated heterocycles. The van der Waals surface area contributed by atoms with Crippen LogP contribution in [0.3, 0.4) is 0 Å². The van der Waals surface area contributed by atoms with Gasteiger partial charge in [0.25, 0.3) is 0 Å². The van der Waals surface area contributed by atoms with Crippen molar-refractivity contribution in [2.24, 2.45) is 5.73 Å². The Bertz CT molecular complexity index is 1220. The molecule has 3 N–H and O–H groups in total. The number of fused-ring (bicyclic) bond motifs is 2. The third-order valence-corrected chi connectivity index (χ3v) is 8.75. The highest BCUT2D eigenvalue weighted by Crippen LogP contribution is 2.38. The molecule has 2 aromatic rings. The Kier molecular flexibility index (Phi) is 9.26. The van der Waals surface area contributed by atoms with E-state index in [1.807, 2.05) is 0 Å². The summed E-state index contributed by atoms with van der Waals surface area (Å²) in [6.07, 6.45) is 1.77. The summed E-state index contributed by atoms with van der Waals surface area (Å²) in [7, 11) is 4.35. The van der Waals surface area contributed by atoms with Gasteiger partial charge in [-0.1, -0.05) is 12.1 Å². The number of nitrogens with two attached hydrogens (primary N) is 1. The van der Waals surface area contributed by atoms with Gasteiger partial charge in [0.05, 0.1) is 6.04 Å². The van der Waals surface area contributed by atoms with E-state index in [0.717, 1.165) is 76.7 Å². The molecular formula is C32H48N6O3. The lowest BCUT2D eigenvalue weighted by Crippen LogP contribution is -2.46. The van der Waals surface area contributed by atoms with Crippen LogP contribution in [0.1, 0.15) is 29.2 Å². The normalized spacial score (nSPS) is 22.9. The Labute approximate surface area is 245 Å². The van der Waals surface area contributed by atoms with E-state index in [9.17, 15) is 4.79 Å².